The molecule has 1 spiro atoms. The summed E-state index contributed by atoms with van der Waals surface area (Å²) in [6.45, 7) is 2.16. The van der Waals surface area contributed by atoms with Gasteiger partial charge < -0.3 is 14.4 Å². The van der Waals surface area contributed by atoms with Crippen LogP contribution in [-0.2, 0) is 16.0 Å². The first-order valence-corrected chi connectivity index (χ1v) is 11.3. The molecule has 1 aliphatic carbocycles. The van der Waals surface area contributed by atoms with Gasteiger partial charge in [0.2, 0.25) is 5.91 Å². The van der Waals surface area contributed by atoms with Crippen molar-refractivity contribution in [2.24, 2.45) is 5.41 Å². The van der Waals surface area contributed by atoms with Crippen LogP contribution in [0.4, 0.5) is 4.39 Å². The highest BCUT2D eigenvalue weighted by Gasteiger charge is 2.54. The van der Waals surface area contributed by atoms with Crippen molar-refractivity contribution in [2.45, 2.75) is 25.4 Å². The van der Waals surface area contributed by atoms with E-state index in [1.807, 2.05) is 41.3 Å². The van der Waals surface area contributed by atoms with Crippen molar-refractivity contribution in [3.8, 4) is 5.75 Å². The van der Waals surface area contributed by atoms with Crippen molar-refractivity contribution in [3.63, 3.8) is 0 Å². The lowest BCUT2D eigenvalue weighted by molar-refractivity contribution is -0.159. The van der Waals surface area contributed by atoms with Crippen LogP contribution in [0.15, 0.2) is 60.8 Å². The highest BCUT2D eigenvalue weighted by atomic mass is 19.1. The minimum Gasteiger partial charge on any atom is -0.490 e. The molecule has 2 fully saturated rings. The van der Waals surface area contributed by atoms with Crippen molar-refractivity contribution in [3.05, 3.63) is 77.7 Å². The van der Waals surface area contributed by atoms with Crippen LogP contribution in [0.1, 0.15) is 24.0 Å². The average Bonchev–Trinajstić information content (AvgIpc) is 2.76. The molecule has 0 bridgehead atoms. The second kappa shape index (κ2) is 8.94. The van der Waals surface area contributed by atoms with Gasteiger partial charge in [-0.25, -0.2) is 4.39 Å². The molecule has 5 nitrogen and oxygen atoms in total. The molecule has 1 aliphatic heterocycles. The number of carbonyl (C=O) groups is 1. The zero-order valence-corrected chi connectivity index (χ0v) is 18.7. The molecule has 1 saturated carbocycles. The molecule has 2 aliphatic rings. The monoisotopic (exact) mass is 446 g/mol. The third-order valence-corrected chi connectivity index (χ3v) is 6.59. The highest BCUT2D eigenvalue weighted by molar-refractivity contribution is 5.84. The summed E-state index contributed by atoms with van der Waals surface area (Å²) < 4.78 is 24.8. The number of pyridine rings is 1. The molecule has 33 heavy (non-hydrogen) atoms. The quantitative estimate of drug-likeness (QED) is 0.530. The molecule has 0 unspecified atom stereocenters. The van der Waals surface area contributed by atoms with Crippen molar-refractivity contribution < 1.29 is 18.7 Å². The van der Waals surface area contributed by atoms with Crippen LogP contribution in [-0.4, -0.2) is 48.7 Å². The van der Waals surface area contributed by atoms with Gasteiger partial charge >= 0.3 is 0 Å². The van der Waals surface area contributed by atoms with Gasteiger partial charge in [-0.2, -0.15) is 0 Å². The normalized spacial score (nSPS) is 17.3. The van der Waals surface area contributed by atoms with E-state index in [-0.39, 0.29) is 23.2 Å². The topological polar surface area (TPSA) is 51.7 Å². The Kier molecular flexibility index (Phi) is 5.85. The highest BCUT2D eigenvalue weighted by Crippen LogP contribution is 2.50. The standard InChI is InChI=1S/C27H27FN2O3/c1-32-12-2-3-19-4-6-20(7-5-19)13-26(31)30-17-27(18-30)15-22(16-27)33-25-10-11-29-24-9-8-21(28)14-23(24)25/h2-11,14,22H,12-13,15-18H2,1H3/b3-2+. The zero-order chi connectivity index (χ0) is 22.8. The van der Waals surface area contributed by atoms with Gasteiger partial charge in [0.25, 0.3) is 0 Å². The van der Waals surface area contributed by atoms with Crippen LogP contribution in [0.3, 0.4) is 0 Å². The molecule has 0 radical (unpaired) electrons. The van der Waals surface area contributed by atoms with Crippen molar-refractivity contribution in [2.75, 3.05) is 26.8 Å². The molecule has 1 saturated heterocycles. The summed E-state index contributed by atoms with van der Waals surface area (Å²) in [6, 6.07) is 14.4. The number of hydrogen-bond acceptors (Lipinski definition) is 4. The predicted octanol–water partition coefficient (Wildman–Crippen LogP) is 4.65. The smallest absolute Gasteiger partial charge is 0.227 e. The SMILES string of the molecule is COC/C=C/c1ccc(CC(=O)N2CC3(CC(Oc4ccnc5ccc(F)cc45)C3)C2)cc1. The fourth-order valence-electron chi connectivity index (χ4n) is 4.88. The minimum atomic E-state index is -0.296. The number of benzene rings is 2. The zero-order valence-electron chi connectivity index (χ0n) is 18.7. The molecule has 2 heterocycles. The van der Waals surface area contributed by atoms with E-state index in [4.69, 9.17) is 9.47 Å². The molecule has 2 aromatic carbocycles. The first-order chi connectivity index (χ1) is 16.0. The van der Waals surface area contributed by atoms with E-state index in [1.165, 1.54) is 12.1 Å². The largest absolute Gasteiger partial charge is 0.490 e. The Hall–Kier alpha value is -3.25. The Balaban J connectivity index is 1.11. The van der Waals surface area contributed by atoms with Gasteiger partial charge in [0.1, 0.15) is 17.7 Å². The number of carbonyl (C=O) groups excluding carboxylic acids is 1. The van der Waals surface area contributed by atoms with Crippen molar-refractivity contribution in [1.82, 2.24) is 9.88 Å². The summed E-state index contributed by atoms with van der Waals surface area (Å²) in [5.41, 5.74) is 3.01. The molecular formula is C27H27FN2O3. The maximum Gasteiger partial charge on any atom is 0.227 e. The Labute approximate surface area is 192 Å². The molecule has 3 aromatic rings. The number of halogens is 1. The fraction of sp³-hybridized carbons (Fsp3) is 0.333. The van der Waals surface area contributed by atoms with Crippen molar-refractivity contribution >= 4 is 22.9 Å². The number of rotatable bonds is 7. The third-order valence-electron chi connectivity index (χ3n) is 6.59. The Bertz CT molecular complexity index is 1180. The summed E-state index contributed by atoms with van der Waals surface area (Å²) in [6.07, 6.45) is 8.01. The van der Waals surface area contributed by atoms with Gasteiger partial charge in [-0.15, -0.1) is 0 Å². The maximum atomic E-state index is 13.7. The fourth-order valence-corrected chi connectivity index (χ4v) is 4.88. The van der Waals surface area contributed by atoms with Crippen molar-refractivity contribution in [1.29, 1.82) is 0 Å². The van der Waals surface area contributed by atoms with Crippen LogP contribution in [0.5, 0.6) is 5.75 Å². The maximum absolute atomic E-state index is 13.7. The van der Waals surface area contributed by atoms with E-state index >= 15 is 0 Å². The average molecular weight is 447 g/mol. The number of hydrogen-bond donors (Lipinski definition) is 0. The number of fused-ring (bicyclic) bond motifs is 1. The summed E-state index contributed by atoms with van der Waals surface area (Å²) in [7, 11) is 1.67. The van der Waals surface area contributed by atoms with Gasteiger partial charge in [0.15, 0.2) is 0 Å². The van der Waals surface area contributed by atoms with Crippen LogP contribution >= 0.6 is 0 Å². The van der Waals surface area contributed by atoms with Gasteiger partial charge in [0, 0.05) is 37.2 Å². The summed E-state index contributed by atoms with van der Waals surface area (Å²) in [5, 5.41) is 0.698. The molecular weight excluding hydrogens is 419 g/mol. The van der Waals surface area contributed by atoms with Gasteiger partial charge in [0.05, 0.1) is 18.5 Å². The van der Waals surface area contributed by atoms with Crippen LogP contribution in [0, 0.1) is 11.2 Å². The Morgan fingerprint density at radius 3 is 2.73 bits per heavy atom. The lowest BCUT2D eigenvalue weighted by atomic mass is 9.61. The van der Waals surface area contributed by atoms with Gasteiger partial charge in [-0.3, -0.25) is 9.78 Å². The molecule has 6 heteroatoms. The lowest BCUT2D eigenvalue weighted by Gasteiger charge is -2.58. The number of likely N-dealkylation sites (tertiary alicyclic amines) is 1. The van der Waals surface area contributed by atoms with E-state index in [0.717, 1.165) is 42.6 Å². The van der Waals surface area contributed by atoms with E-state index in [0.29, 0.717) is 24.2 Å². The molecule has 0 atom stereocenters. The molecule has 170 valence electrons. The molecule has 1 amide bonds. The summed E-state index contributed by atoms with van der Waals surface area (Å²) in [5.74, 6) is 0.547. The second-order valence-corrected chi connectivity index (χ2v) is 9.14. The van der Waals surface area contributed by atoms with E-state index in [1.54, 1.807) is 25.4 Å². The number of amides is 1. The van der Waals surface area contributed by atoms with Crippen LogP contribution in [0.25, 0.3) is 17.0 Å². The minimum absolute atomic E-state index is 0.0924. The van der Waals surface area contributed by atoms with E-state index in [2.05, 4.69) is 4.98 Å². The first kappa shape index (κ1) is 21.6. The third kappa shape index (κ3) is 4.62. The van der Waals surface area contributed by atoms with Gasteiger partial charge in [-0.05, 0) is 48.2 Å². The molecule has 1 aromatic heterocycles. The van der Waals surface area contributed by atoms with E-state index < -0.39 is 0 Å². The number of ether oxygens (including phenoxy) is 2. The number of methoxy groups -OCH3 is 1. The first-order valence-electron chi connectivity index (χ1n) is 11.3. The summed E-state index contributed by atoms with van der Waals surface area (Å²) in [4.78, 5) is 18.9. The molecule has 5 rings (SSSR count). The van der Waals surface area contributed by atoms with Crippen LogP contribution < -0.4 is 4.74 Å². The molecule has 0 N–H and O–H groups in total. The number of nitrogens with zero attached hydrogens (tertiary/aromatic N) is 2. The second-order valence-electron chi connectivity index (χ2n) is 9.14. The summed E-state index contributed by atoms with van der Waals surface area (Å²) >= 11 is 0. The lowest BCUT2D eigenvalue weighted by Crippen LogP contribution is -2.66. The van der Waals surface area contributed by atoms with Crippen LogP contribution in [0.2, 0.25) is 0 Å². The van der Waals surface area contributed by atoms with Gasteiger partial charge in [-0.1, -0.05) is 36.4 Å². The predicted molar refractivity (Wildman–Crippen MR) is 125 cm³/mol. The Morgan fingerprint density at radius 1 is 1.18 bits per heavy atom. The number of aromatic nitrogens is 1. The van der Waals surface area contributed by atoms with E-state index in [9.17, 15) is 9.18 Å². The Morgan fingerprint density at radius 2 is 1.97 bits per heavy atom.